The molecule has 7 aromatic rings. The van der Waals surface area contributed by atoms with Crippen molar-refractivity contribution in [3.05, 3.63) is 206 Å². The van der Waals surface area contributed by atoms with Gasteiger partial charge in [0.15, 0.2) is 0 Å². The summed E-state index contributed by atoms with van der Waals surface area (Å²) in [5, 5.41) is 60.5. The van der Waals surface area contributed by atoms with Crippen LogP contribution in [0.5, 0.6) is 34.5 Å². The van der Waals surface area contributed by atoms with Gasteiger partial charge in [-0.05, 0) is 226 Å². The van der Waals surface area contributed by atoms with Gasteiger partial charge in [-0.2, -0.15) is 0 Å². The Morgan fingerprint density at radius 2 is 0.873 bits per heavy atom. The van der Waals surface area contributed by atoms with Crippen molar-refractivity contribution in [1.29, 1.82) is 0 Å². The highest BCUT2D eigenvalue weighted by Crippen LogP contribution is 2.32. The minimum atomic E-state index is 0.261. The van der Waals surface area contributed by atoms with Gasteiger partial charge < -0.3 is 30.6 Å². The Labute approximate surface area is 452 Å². The van der Waals surface area contributed by atoms with Crippen LogP contribution < -0.4 is 0 Å². The molecule has 0 radical (unpaired) electrons. The van der Waals surface area contributed by atoms with Gasteiger partial charge in [-0.25, -0.2) is 0 Å². The molecule has 71 heavy (non-hydrogen) atoms. The molecule has 0 aliphatic heterocycles. The first-order valence-corrected chi connectivity index (χ1v) is 25.4. The molecule has 0 aliphatic rings. The molecular formula is C59H68Cl6O6. The number of hydrogen-bond acceptors (Lipinski definition) is 6. The lowest BCUT2D eigenvalue weighted by Crippen LogP contribution is -1.95. The molecule has 0 atom stereocenters. The zero-order valence-electron chi connectivity index (χ0n) is 42.5. The fourth-order valence-electron chi connectivity index (χ4n) is 6.81. The van der Waals surface area contributed by atoms with Gasteiger partial charge in [0.1, 0.15) is 34.5 Å². The Kier molecular flexibility index (Phi) is 27.0. The Morgan fingerprint density at radius 1 is 0.408 bits per heavy atom. The summed E-state index contributed by atoms with van der Waals surface area (Å²) < 4.78 is 0. The first kappa shape index (κ1) is 62.2. The Balaban J connectivity index is 0.000000296. The highest BCUT2D eigenvalue weighted by atomic mass is 35.5. The normalized spacial score (nSPS) is 10.2. The molecule has 6 nitrogen and oxygen atoms in total. The topological polar surface area (TPSA) is 121 Å². The lowest BCUT2D eigenvalue weighted by Gasteiger charge is -2.10. The fraction of sp³-hybridized carbons (Fsp3) is 0.288. The summed E-state index contributed by atoms with van der Waals surface area (Å²) in [6.07, 6.45) is 4.43. The van der Waals surface area contributed by atoms with E-state index in [0.717, 1.165) is 113 Å². The number of benzene rings is 7. The van der Waals surface area contributed by atoms with Gasteiger partial charge in [-0.1, -0.05) is 134 Å². The Hall–Kier alpha value is -4.92. The van der Waals surface area contributed by atoms with E-state index in [4.69, 9.17) is 79.8 Å². The van der Waals surface area contributed by atoms with Crippen LogP contribution in [0.2, 0.25) is 30.1 Å². The van der Waals surface area contributed by atoms with E-state index in [1.165, 1.54) is 5.56 Å². The van der Waals surface area contributed by atoms with E-state index in [-0.39, 0.29) is 11.5 Å². The zero-order chi connectivity index (χ0) is 53.7. The minimum Gasteiger partial charge on any atom is -0.508 e. The van der Waals surface area contributed by atoms with Gasteiger partial charge >= 0.3 is 0 Å². The van der Waals surface area contributed by atoms with Gasteiger partial charge in [0.2, 0.25) is 0 Å². The van der Waals surface area contributed by atoms with E-state index in [1.54, 1.807) is 60.7 Å². The van der Waals surface area contributed by atoms with Crippen LogP contribution in [0.1, 0.15) is 107 Å². The molecule has 0 aromatic heterocycles. The standard InChI is InChI=1S/C15H15ClO.2C10H13ClO.C9H11ClO.C8H9ClO.C7H7ClO/c1-11-13(15(17)10-9-14(11)16)8-7-12-5-3-2-4-6-12;1-6(2)8-5-9(11)7(3)4-10(8)12;1-3-4-8-6-9(11)7(2)5-10(8)12;1-3-7-5-8(10)6(2)4-9(7)11;1-5-3-7(10)4-6(2)8(5)9;1-5-4-6(9)2-3-7(5)8/h2-6,9-10,17H,7-8H2,1H3;4-6,12H,1-3H3;5-6,12H,3-4H2,1-2H3;4-5,11H,3H2,1-2H3;3-4,10H,1-2H3;2-4,9H,1H3. The fourth-order valence-corrected chi connectivity index (χ4v) is 7.76. The molecule has 0 amide bonds. The maximum atomic E-state index is 9.84. The van der Waals surface area contributed by atoms with Crippen LogP contribution in [0.25, 0.3) is 0 Å². The number of halogens is 6. The van der Waals surface area contributed by atoms with Gasteiger partial charge in [0.25, 0.3) is 0 Å². The lowest BCUT2D eigenvalue weighted by atomic mass is 9.99. The van der Waals surface area contributed by atoms with E-state index in [0.29, 0.717) is 39.0 Å². The molecule has 0 heterocycles. The van der Waals surface area contributed by atoms with Crippen LogP contribution in [-0.2, 0) is 25.7 Å². The highest BCUT2D eigenvalue weighted by Gasteiger charge is 2.10. The average Bonchev–Trinajstić information content (AvgIpc) is 3.31. The molecule has 0 saturated heterocycles. The number of aryl methyl sites for hydroxylation is 9. The van der Waals surface area contributed by atoms with Crippen LogP contribution in [0.15, 0.2) is 109 Å². The maximum Gasteiger partial charge on any atom is 0.119 e. The monoisotopic (exact) mass is 1080 g/mol. The molecule has 7 aromatic carbocycles. The number of rotatable bonds is 7. The molecule has 0 bridgehead atoms. The summed E-state index contributed by atoms with van der Waals surface area (Å²) in [5.74, 6) is 2.22. The second-order valence-electron chi connectivity index (χ2n) is 17.4. The molecule has 6 N–H and O–H groups in total. The van der Waals surface area contributed by atoms with Gasteiger partial charge in [0, 0.05) is 30.1 Å². The summed E-state index contributed by atoms with van der Waals surface area (Å²) in [4.78, 5) is 0. The summed E-state index contributed by atoms with van der Waals surface area (Å²) in [6.45, 7) is 21.3. The largest absolute Gasteiger partial charge is 0.508 e. The molecule has 0 spiro atoms. The van der Waals surface area contributed by atoms with Crippen molar-refractivity contribution in [2.45, 2.75) is 114 Å². The van der Waals surface area contributed by atoms with Crippen molar-refractivity contribution >= 4 is 69.6 Å². The molecule has 0 fully saturated rings. The predicted molar refractivity (Wildman–Crippen MR) is 303 cm³/mol. The number of aromatic hydroxyl groups is 6. The molecule has 7 rings (SSSR count). The zero-order valence-corrected chi connectivity index (χ0v) is 47.0. The molecule has 12 heteroatoms. The molecule has 0 aliphatic carbocycles. The second-order valence-corrected chi connectivity index (χ2v) is 19.8. The third-order valence-corrected chi connectivity index (χ3v) is 13.8. The summed E-state index contributed by atoms with van der Waals surface area (Å²) >= 11 is 35.2. The third-order valence-electron chi connectivity index (χ3n) is 11.1. The van der Waals surface area contributed by atoms with E-state index < -0.39 is 0 Å². The Bertz CT molecular complexity index is 2770. The van der Waals surface area contributed by atoms with Crippen molar-refractivity contribution < 1.29 is 30.6 Å². The summed E-state index contributed by atoms with van der Waals surface area (Å²) in [5.41, 5.74) is 11.4. The van der Waals surface area contributed by atoms with Crippen molar-refractivity contribution in [1.82, 2.24) is 0 Å². The van der Waals surface area contributed by atoms with Gasteiger partial charge in [-0.15, -0.1) is 0 Å². The highest BCUT2D eigenvalue weighted by molar-refractivity contribution is 6.33. The maximum absolute atomic E-state index is 9.84. The Morgan fingerprint density at radius 3 is 1.37 bits per heavy atom. The molecule has 0 saturated carbocycles. The smallest absolute Gasteiger partial charge is 0.119 e. The van der Waals surface area contributed by atoms with Crippen LogP contribution in [0, 0.1) is 48.5 Å². The summed E-state index contributed by atoms with van der Waals surface area (Å²) in [6, 6.07) is 32.4. The van der Waals surface area contributed by atoms with Crippen LogP contribution in [0.3, 0.4) is 0 Å². The van der Waals surface area contributed by atoms with E-state index in [2.05, 4.69) is 19.1 Å². The van der Waals surface area contributed by atoms with E-state index in [1.807, 2.05) is 106 Å². The molecular weight excluding hydrogens is 1020 g/mol. The number of phenolic OH excluding ortho intramolecular Hbond substituents is 6. The number of hydrogen-bond donors (Lipinski definition) is 6. The third kappa shape index (κ3) is 21.0. The minimum absolute atomic E-state index is 0.261. The first-order valence-electron chi connectivity index (χ1n) is 23.2. The lowest BCUT2D eigenvalue weighted by molar-refractivity contribution is 0.464. The SMILES string of the molecule is CCCc1cc(Cl)c(C)cc1O.CCc1cc(Cl)c(C)cc1O.Cc1c(Cl)ccc(O)c1CCc1ccccc1.Cc1cc(O)c(C(C)C)cc1Cl.Cc1cc(O)cc(C)c1Cl.Cc1cc(O)ccc1Cl. The van der Waals surface area contributed by atoms with Crippen molar-refractivity contribution in [2.75, 3.05) is 0 Å². The predicted octanol–water partition coefficient (Wildman–Crippen LogP) is 18.9. The van der Waals surface area contributed by atoms with Crippen molar-refractivity contribution in [2.24, 2.45) is 0 Å². The average molecular weight is 1090 g/mol. The van der Waals surface area contributed by atoms with Gasteiger partial charge in [0.05, 0.1) is 0 Å². The second kappa shape index (κ2) is 30.8. The quantitative estimate of drug-likeness (QED) is 0.0946. The van der Waals surface area contributed by atoms with Crippen LogP contribution in [0.4, 0.5) is 0 Å². The van der Waals surface area contributed by atoms with Crippen molar-refractivity contribution in [3.8, 4) is 34.5 Å². The molecule has 0 unspecified atom stereocenters. The number of phenols is 6. The van der Waals surface area contributed by atoms with E-state index >= 15 is 0 Å². The molecule has 382 valence electrons. The van der Waals surface area contributed by atoms with Crippen molar-refractivity contribution in [3.63, 3.8) is 0 Å². The van der Waals surface area contributed by atoms with Gasteiger partial charge in [-0.3, -0.25) is 0 Å². The summed E-state index contributed by atoms with van der Waals surface area (Å²) in [7, 11) is 0. The van der Waals surface area contributed by atoms with Crippen LogP contribution in [-0.4, -0.2) is 30.6 Å². The first-order chi connectivity index (χ1) is 33.3. The van der Waals surface area contributed by atoms with Crippen LogP contribution >= 0.6 is 69.6 Å². The van der Waals surface area contributed by atoms with E-state index in [9.17, 15) is 20.4 Å².